The van der Waals surface area contributed by atoms with Gasteiger partial charge in [-0.1, -0.05) is 81.5 Å². The molecule has 0 saturated carbocycles. The van der Waals surface area contributed by atoms with E-state index < -0.39 is 16.1 Å². The molecule has 1 aliphatic heterocycles. The van der Waals surface area contributed by atoms with Gasteiger partial charge in [-0.15, -0.1) is 11.1 Å². The van der Waals surface area contributed by atoms with Gasteiger partial charge in [0.05, 0.1) is 13.2 Å². The van der Waals surface area contributed by atoms with E-state index in [-0.39, 0.29) is 13.2 Å². The normalized spacial score (nSPS) is 13.8. The lowest BCUT2D eigenvalue weighted by Gasteiger charge is -2.17. The van der Waals surface area contributed by atoms with Crippen LogP contribution in [0.1, 0.15) is 38.9 Å². The average Bonchev–Trinajstić information content (AvgIpc) is 3.12. The average molecular weight is 462 g/mol. The molecule has 0 spiro atoms. The van der Waals surface area contributed by atoms with E-state index in [9.17, 15) is 10.2 Å². The van der Waals surface area contributed by atoms with Gasteiger partial charge >= 0.3 is 0 Å². The van der Waals surface area contributed by atoms with Crippen LogP contribution in [0, 0.1) is 22.9 Å². The van der Waals surface area contributed by atoms with Crippen molar-refractivity contribution in [1.29, 1.82) is 0 Å². The molecule has 0 bridgehead atoms. The molecule has 3 nitrogen and oxygen atoms in total. The number of aliphatic hydroxyl groups excluding tert-OH is 2. The lowest BCUT2D eigenvalue weighted by atomic mass is 9.88. The summed E-state index contributed by atoms with van der Waals surface area (Å²) in [4.78, 5) is 2.40. The van der Waals surface area contributed by atoms with Crippen LogP contribution in [0.5, 0.6) is 0 Å². The van der Waals surface area contributed by atoms with Crippen molar-refractivity contribution in [2.75, 3.05) is 0 Å². The quantitative estimate of drug-likeness (QED) is 0.515. The van der Waals surface area contributed by atoms with Crippen molar-refractivity contribution in [1.82, 2.24) is 4.90 Å². The molecule has 0 aromatic heterocycles. The number of nitrogens with zero attached hydrogens (tertiary/aromatic N) is 1. The molecule has 2 aromatic rings. The Morgan fingerprint density at radius 2 is 1.19 bits per heavy atom. The Bertz CT molecular complexity index is 1040. The summed E-state index contributed by atoms with van der Waals surface area (Å²) < 4.78 is 0. The third kappa shape index (κ3) is 6.01. The Morgan fingerprint density at radius 1 is 0.750 bits per heavy atom. The monoisotopic (exact) mass is 461 g/mol. The summed E-state index contributed by atoms with van der Waals surface area (Å²) in [5.41, 5.74) is 13.9. The fourth-order valence-corrected chi connectivity index (χ4v) is 4.92. The fraction of sp³-hybridized carbons (Fsp3) is 0.407. The van der Waals surface area contributed by atoms with Crippen LogP contribution in [0.3, 0.4) is 0 Å². The third-order valence-electron chi connectivity index (χ3n) is 5.39. The number of benzene rings is 2. The molecule has 0 atom stereocenters. The lowest BCUT2D eigenvalue weighted by Crippen LogP contribution is -2.17. The van der Waals surface area contributed by atoms with Crippen LogP contribution in [-0.2, 0) is 32.8 Å². The van der Waals surface area contributed by atoms with E-state index in [0.29, 0.717) is 0 Å². The Balaban J connectivity index is 2.19. The summed E-state index contributed by atoms with van der Waals surface area (Å²) in [6.07, 6.45) is 0. The summed E-state index contributed by atoms with van der Waals surface area (Å²) in [5, 5.41) is 20.6. The van der Waals surface area contributed by atoms with Gasteiger partial charge in [0.25, 0.3) is 0 Å². The van der Waals surface area contributed by atoms with Crippen LogP contribution in [0.4, 0.5) is 0 Å². The number of hydrogen-bond acceptors (Lipinski definition) is 3. The summed E-state index contributed by atoms with van der Waals surface area (Å²) in [5.74, 6) is 6.88. The summed E-state index contributed by atoms with van der Waals surface area (Å²) in [6, 6.07) is 10.5. The fourth-order valence-electron chi connectivity index (χ4n) is 3.92. The van der Waals surface area contributed by atoms with Crippen molar-refractivity contribution >= 4 is 16.1 Å². The minimum Gasteiger partial charge on any atom is -0.392 e. The van der Waals surface area contributed by atoms with Crippen molar-refractivity contribution < 1.29 is 10.2 Å². The molecule has 168 valence electrons. The van der Waals surface area contributed by atoms with Gasteiger partial charge in [-0.3, -0.25) is 4.90 Å². The molecule has 1 aliphatic rings. The zero-order valence-corrected chi connectivity index (χ0v) is 22.3. The van der Waals surface area contributed by atoms with Gasteiger partial charge < -0.3 is 10.2 Å². The van der Waals surface area contributed by atoms with E-state index in [0.717, 1.165) is 41.9 Å². The number of rotatable bonds is 4. The Morgan fingerprint density at radius 3 is 1.56 bits per heavy atom. The van der Waals surface area contributed by atoms with Crippen LogP contribution in [0.15, 0.2) is 30.3 Å². The first-order valence-electron chi connectivity index (χ1n) is 11.3. The van der Waals surface area contributed by atoms with Gasteiger partial charge in [0.2, 0.25) is 0 Å². The van der Waals surface area contributed by atoms with Crippen molar-refractivity contribution in [3.8, 4) is 22.9 Å². The first kappa shape index (κ1) is 24.5. The molecule has 0 aliphatic carbocycles. The second-order valence-corrected chi connectivity index (χ2v) is 20.1. The highest BCUT2D eigenvalue weighted by Gasteiger charge is 2.29. The minimum atomic E-state index is -1.61. The standard InChI is InChI=1S/C27H35NO2Si2/c1-31(2,3)14-12-22-24-17-28(16-21-10-8-7-9-11-21)18-25(24)23(13-15-32(4,5)6)27(20-30)26(22)19-29/h7-11,29-30H,16-20H2,1-6H3. The lowest BCUT2D eigenvalue weighted by molar-refractivity contribution is 0.259. The molecule has 0 saturated heterocycles. The predicted octanol–water partition coefficient (Wildman–Crippen LogP) is 4.64. The maximum atomic E-state index is 10.3. The SMILES string of the molecule is C[Si](C)(C)C#Cc1c(CO)c(CO)c(C#C[Si](C)(C)C)c2c1CN(Cc1ccccc1)C2. The number of aliphatic hydroxyl groups is 2. The molecular formula is C27H35NO2Si2. The van der Waals surface area contributed by atoms with Crippen LogP contribution >= 0.6 is 0 Å². The Labute approximate surface area is 195 Å². The topological polar surface area (TPSA) is 43.7 Å². The van der Waals surface area contributed by atoms with E-state index >= 15 is 0 Å². The van der Waals surface area contributed by atoms with Crippen LogP contribution in [-0.4, -0.2) is 31.3 Å². The van der Waals surface area contributed by atoms with Gasteiger partial charge in [0.15, 0.2) is 0 Å². The summed E-state index contributed by atoms with van der Waals surface area (Å²) in [7, 11) is -3.22. The third-order valence-corrected chi connectivity index (χ3v) is 7.14. The number of fused-ring (bicyclic) bond motifs is 1. The van der Waals surface area contributed by atoms with E-state index in [2.05, 4.69) is 91.4 Å². The molecule has 32 heavy (non-hydrogen) atoms. The van der Waals surface area contributed by atoms with Gasteiger partial charge in [-0.2, -0.15) is 0 Å². The molecule has 0 unspecified atom stereocenters. The smallest absolute Gasteiger partial charge is 0.129 e. The van der Waals surface area contributed by atoms with E-state index in [1.165, 1.54) is 16.7 Å². The maximum absolute atomic E-state index is 10.3. The molecule has 2 N–H and O–H groups in total. The van der Waals surface area contributed by atoms with E-state index in [1.54, 1.807) is 0 Å². The molecule has 0 radical (unpaired) electrons. The molecule has 3 rings (SSSR count). The highest BCUT2D eigenvalue weighted by atomic mass is 28.3. The highest BCUT2D eigenvalue weighted by Crippen LogP contribution is 2.35. The minimum absolute atomic E-state index is 0.140. The summed E-state index contributed by atoms with van der Waals surface area (Å²) >= 11 is 0. The van der Waals surface area contributed by atoms with Crippen molar-refractivity contribution in [3.63, 3.8) is 0 Å². The van der Waals surface area contributed by atoms with E-state index in [1.807, 2.05) is 6.07 Å². The molecule has 5 heteroatoms. The van der Waals surface area contributed by atoms with Crippen molar-refractivity contribution in [2.24, 2.45) is 0 Å². The molecule has 2 aromatic carbocycles. The van der Waals surface area contributed by atoms with Crippen LogP contribution in [0.25, 0.3) is 0 Å². The van der Waals surface area contributed by atoms with Gasteiger partial charge in [-0.25, -0.2) is 0 Å². The first-order chi connectivity index (χ1) is 15.0. The maximum Gasteiger partial charge on any atom is 0.129 e. The van der Waals surface area contributed by atoms with Crippen molar-refractivity contribution in [3.05, 3.63) is 69.3 Å². The summed E-state index contributed by atoms with van der Waals surface area (Å²) in [6.45, 7) is 15.5. The van der Waals surface area contributed by atoms with E-state index in [4.69, 9.17) is 0 Å². The number of hydrogen-bond donors (Lipinski definition) is 2. The molecular weight excluding hydrogens is 426 g/mol. The largest absolute Gasteiger partial charge is 0.392 e. The zero-order chi connectivity index (χ0) is 23.5. The van der Waals surface area contributed by atoms with Crippen LogP contribution < -0.4 is 0 Å². The van der Waals surface area contributed by atoms with Gasteiger partial charge in [0, 0.05) is 41.9 Å². The zero-order valence-electron chi connectivity index (χ0n) is 20.3. The second-order valence-electron chi connectivity index (χ2n) is 10.6. The highest BCUT2D eigenvalue weighted by molar-refractivity contribution is 6.84. The van der Waals surface area contributed by atoms with Crippen molar-refractivity contribution in [2.45, 2.75) is 72.1 Å². The van der Waals surface area contributed by atoms with Gasteiger partial charge in [-0.05, 0) is 16.7 Å². The van der Waals surface area contributed by atoms with Gasteiger partial charge in [0.1, 0.15) is 16.1 Å². The molecule has 1 heterocycles. The first-order valence-corrected chi connectivity index (χ1v) is 18.3. The van der Waals surface area contributed by atoms with Crippen LogP contribution in [0.2, 0.25) is 39.3 Å². The Hall–Kier alpha value is -2.13. The molecule has 0 fully saturated rings. The predicted molar refractivity (Wildman–Crippen MR) is 138 cm³/mol. The second kappa shape index (κ2) is 9.79. The molecule has 0 amide bonds. The Kier molecular flexibility index (Phi) is 7.50.